The van der Waals surface area contributed by atoms with E-state index in [9.17, 15) is 31.2 Å². The average Bonchev–Trinajstić information content (AvgIpc) is 3.30. The van der Waals surface area contributed by atoms with Crippen molar-refractivity contribution in [2.24, 2.45) is 0 Å². The maximum Gasteiger partial charge on any atom is 0.416 e. The number of benzene rings is 3. The van der Waals surface area contributed by atoms with Crippen molar-refractivity contribution in [1.82, 2.24) is 10.2 Å². The molecule has 12 heteroatoms. The molecular formula is C27H25ClF3N3O4S. The molecule has 0 aromatic heterocycles. The van der Waals surface area contributed by atoms with Crippen molar-refractivity contribution in [1.29, 1.82) is 0 Å². The summed E-state index contributed by atoms with van der Waals surface area (Å²) in [7, 11) is -4.46. The number of carbonyl (C=O) groups is 2. The monoisotopic (exact) mass is 579 g/mol. The van der Waals surface area contributed by atoms with Gasteiger partial charge in [-0.05, 0) is 47.9 Å². The standard InChI is InChI=1S/C27H25ClF3N3O4S/c28-23-12-11-21(27(29,30)31)15-24(23)34(39(37,38)22-8-2-1-3-9-22)18-25(35)32-16-19-6-4-7-20(14-19)17-33-13-5-10-26(33)36/h1-4,6-9,11-12,14-15H,5,10,13,16-18H2,(H,32,35). The van der Waals surface area contributed by atoms with Crippen molar-refractivity contribution in [3.63, 3.8) is 0 Å². The first-order valence-electron chi connectivity index (χ1n) is 12.0. The zero-order valence-corrected chi connectivity index (χ0v) is 22.2. The van der Waals surface area contributed by atoms with Gasteiger partial charge in [0.1, 0.15) is 6.54 Å². The van der Waals surface area contributed by atoms with E-state index in [2.05, 4.69) is 5.32 Å². The Labute approximate surface area is 229 Å². The topological polar surface area (TPSA) is 86.8 Å². The molecule has 0 saturated carbocycles. The first kappa shape index (κ1) is 28.4. The lowest BCUT2D eigenvalue weighted by Gasteiger charge is -2.26. The number of rotatable bonds is 9. The highest BCUT2D eigenvalue weighted by Crippen LogP contribution is 2.37. The van der Waals surface area contributed by atoms with Crippen molar-refractivity contribution < 1.29 is 31.2 Å². The molecule has 3 aromatic carbocycles. The van der Waals surface area contributed by atoms with E-state index in [-0.39, 0.29) is 22.4 Å². The molecule has 1 fully saturated rings. The van der Waals surface area contributed by atoms with Gasteiger partial charge in [0.2, 0.25) is 11.8 Å². The Morgan fingerprint density at radius 2 is 1.72 bits per heavy atom. The van der Waals surface area contributed by atoms with Gasteiger partial charge < -0.3 is 10.2 Å². The molecule has 39 heavy (non-hydrogen) atoms. The lowest BCUT2D eigenvalue weighted by molar-refractivity contribution is -0.137. The summed E-state index contributed by atoms with van der Waals surface area (Å²) in [5.74, 6) is -0.662. The van der Waals surface area contributed by atoms with Gasteiger partial charge in [0.25, 0.3) is 10.0 Å². The van der Waals surface area contributed by atoms with E-state index in [1.807, 2.05) is 12.1 Å². The van der Waals surface area contributed by atoms with Crippen LogP contribution >= 0.6 is 11.6 Å². The van der Waals surface area contributed by atoms with Gasteiger partial charge in [0.15, 0.2) is 0 Å². The highest BCUT2D eigenvalue weighted by atomic mass is 35.5. The Balaban J connectivity index is 1.56. The number of nitrogens with zero attached hydrogens (tertiary/aromatic N) is 2. The van der Waals surface area contributed by atoms with Gasteiger partial charge >= 0.3 is 6.18 Å². The smallest absolute Gasteiger partial charge is 0.350 e. The quantitative estimate of drug-likeness (QED) is 0.387. The molecule has 2 amide bonds. The van der Waals surface area contributed by atoms with E-state index in [0.29, 0.717) is 35.4 Å². The zero-order valence-electron chi connectivity index (χ0n) is 20.6. The number of hydrogen-bond donors (Lipinski definition) is 1. The third-order valence-electron chi connectivity index (χ3n) is 6.19. The number of likely N-dealkylation sites (tertiary alicyclic amines) is 1. The summed E-state index contributed by atoms with van der Waals surface area (Å²) < 4.78 is 67.8. The summed E-state index contributed by atoms with van der Waals surface area (Å²) in [4.78, 5) is 26.4. The van der Waals surface area contributed by atoms with Gasteiger partial charge in [-0.3, -0.25) is 13.9 Å². The number of anilines is 1. The van der Waals surface area contributed by atoms with E-state index < -0.39 is 39.9 Å². The van der Waals surface area contributed by atoms with Crippen molar-refractivity contribution in [2.45, 2.75) is 37.0 Å². The summed E-state index contributed by atoms with van der Waals surface area (Å²) in [6, 6.07) is 16.6. The molecular weight excluding hydrogens is 555 g/mol. The summed E-state index contributed by atoms with van der Waals surface area (Å²) in [6.07, 6.45) is -3.42. The van der Waals surface area contributed by atoms with Crippen LogP contribution in [0.15, 0.2) is 77.7 Å². The maximum absolute atomic E-state index is 13.5. The van der Waals surface area contributed by atoms with Gasteiger partial charge in [0, 0.05) is 26.1 Å². The predicted molar refractivity (Wildman–Crippen MR) is 140 cm³/mol. The van der Waals surface area contributed by atoms with Crippen LogP contribution in [0.5, 0.6) is 0 Å². The molecule has 0 bridgehead atoms. The van der Waals surface area contributed by atoms with Crippen LogP contribution in [-0.2, 0) is 38.9 Å². The van der Waals surface area contributed by atoms with E-state index in [1.165, 1.54) is 24.3 Å². The molecule has 0 aliphatic carbocycles. The van der Waals surface area contributed by atoms with Crippen LogP contribution in [0.4, 0.5) is 18.9 Å². The second-order valence-electron chi connectivity index (χ2n) is 9.00. The number of amides is 2. The first-order chi connectivity index (χ1) is 18.4. The number of carbonyl (C=O) groups excluding carboxylic acids is 2. The first-order valence-corrected chi connectivity index (χ1v) is 13.8. The highest BCUT2D eigenvalue weighted by molar-refractivity contribution is 7.92. The predicted octanol–water partition coefficient (Wildman–Crippen LogP) is 4.99. The normalized spacial score (nSPS) is 13.9. The fraction of sp³-hybridized carbons (Fsp3) is 0.259. The largest absolute Gasteiger partial charge is 0.416 e. The zero-order chi connectivity index (χ0) is 28.2. The minimum absolute atomic E-state index is 0.0379. The molecule has 1 N–H and O–H groups in total. The van der Waals surface area contributed by atoms with Crippen LogP contribution in [0.1, 0.15) is 29.5 Å². The van der Waals surface area contributed by atoms with Crippen LogP contribution in [-0.4, -0.2) is 38.2 Å². The number of alkyl halides is 3. The van der Waals surface area contributed by atoms with E-state index in [4.69, 9.17) is 11.6 Å². The Morgan fingerprint density at radius 1 is 1.00 bits per heavy atom. The van der Waals surface area contributed by atoms with Crippen LogP contribution in [0, 0.1) is 0 Å². The van der Waals surface area contributed by atoms with Crippen LogP contribution < -0.4 is 9.62 Å². The fourth-order valence-corrected chi connectivity index (χ4v) is 5.94. The molecule has 0 spiro atoms. The SMILES string of the molecule is O=C(CN(c1cc(C(F)(F)F)ccc1Cl)S(=O)(=O)c1ccccc1)NCc1cccc(CN2CCCC2=O)c1. The third-order valence-corrected chi connectivity index (χ3v) is 8.28. The second kappa shape index (κ2) is 11.7. The third kappa shape index (κ3) is 6.90. The lowest BCUT2D eigenvalue weighted by Crippen LogP contribution is -2.41. The minimum Gasteiger partial charge on any atom is -0.350 e. The van der Waals surface area contributed by atoms with Gasteiger partial charge in [-0.15, -0.1) is 0 Å². The molecule has 0 unspecified atom stereocenters. The Bertz CT molecular complexity index is 1470. The maximum atomic E-state index is 13.5. The molecule has 0 atom stereocenters. The molecule has 206 valence electrons. The van der Waals surface area contributed by atoms with Crippen molar-refractivity contribution in [3.8, 4) is 0 Å². The molecule has 1 heterocycles. The molecule has 7 nitrogen and oxygen atoms in total. The number of hydrogen-bond acceptors (Lipinski definition) is 4. The fourth-order valence-electron chi connectivity index (χ4n) is 4.22. The van der Waals surface area contributed by atoms with Crippen LogP contribution in [0.25, 0.3) is 0 Å². The lowest BCUT2D eigenvalue weighted by atomic mass is 10.1. The highest BCUT2D eigenvalue weighted by Gasteiger charge is 2.34. The van der Waals surface area contributed by atoms with E-state index in [1.54, 1.807) is 23.1 Å². The summed E-state index contributed by atoms with van der Waals surface area (Å²) in [6.45, 7) is 0.359. The summed E-state index contributed by atoms with van der Waals surface area (Å²) >= 11 is 6.16. The summed E-state index contributed by atoms with van der Waals surface area (Å²) in [5.41, 5.74) is 0.00901. The Morgan fingerprint density at radius 3 is 2.38 bits per heavy atom. The number of nitrogens with one attached hydrogen (secondary N) is 1. The Kier molecular flexibility index (Phi) is 8.51. The molecule has 3 aromatic rings. The molecule has 1 aliphatic heterocycles. The number of halogens is 4. The number of sulfonamides is 1. The van der Waals surface area contributed by atoms with Crippen molar-refractivity contribution in [3.05, 3.63) is 94.5 Å². The molecule has 1 saturated heterocycles. The Hall–Kier alpha value is -3.57. The van der Waals surface area contributed by atoms with Crippen LogP contribution in [0.2, 0.25) is 5.02 Å². The molecule has 1 aliphatic rings. The van der Waals surface area contributed by atoms with Gasteiger partial charge in [-0.2, -0.15) is 13.2 Å². The van der Waals surface area contributed by atoms with E-state index >= 15 is 0 Å². The summed E-state index contributed by atoms with van der Waals surface area (Å²) in [5, 5.41) is 2.36. The van der Waals surface area contributed by atoms with Crippen LogP contribution in [0.3, 0.4) is 0 Å². The van der Waals surface area contributed by atoms with Crippen molar-refractivity contribution in [2.75, 3.05) is 17.4 Å². The average molecular weight is 580 g/mol. The minimum atomic E-state index is -4.76. The van der Waals surface area contributed by atoms with Gasteiger partial charge in [-0.25, -0.2) is 8.42 Å². The van der Waals surface area contributed by atoms with Gasteiger partial charge in [-0.1, -0.05) is 54.1 Å². The van der Waals surface area contributed by atoms with Crippen molar-refractivity contribution >= 4 is 39.1 Å². The molecule has 4 rings (SSSR count). The molecule has 0 radical (unpaired) electrons. The van der Waals surface area contributed by atoms with E-state index in [0.717, 1.165) is 24.1 Å². The van der Waals surface area contributed by atoms with Gasteiger partial charge in [0.05, 0.1) is 21.2 Å². The second-order valence-corrected chi connectivity index (χ2v) is 11.3.